The number of furan rings is 1. The summed E-state index contributed by atoms with van der Waals surface area (Å²) >= 11 is 0. The minimum absolute atomic E-state index is 0.0122. The minimum atomic E-state index is -0.948. The Morgan fingerprint density at radius 2 is 1.60 bits per heavy atom. The van der Waals surface area contributed by atoms with Gasteiger partial charge < -0.3 is 33.4 Å². The van der Waals surface area contributed by atoms with Crippen LogP contribution in [0.15, 0.2) is 64.8 Å². The number of hydrogen-bond acceptors (Lipinski definition) is 8. The predicted octanol–water partition coefficient (Wildman–Crippen LogP) is 3.94. The van der Waals surface area contributed by atoms with Crippen LogP contribution in [-0.4, -0.2) is 50.1 Å². The van der Waals surface area contributed by atoms with E-state index in [0.717, 1.165) is 0 Å². The van der Waals surface area contributed by atoms with E-state index in [-0.39, 0.29) is 17.9 Å². The lowest BCUT2D eigenvalue weighted by Crippen LogP contribution is -2.29. The van der Waals surface area contributed by atoms with E-state index in [0.29, 0.717) is 39.9 Å². The fourth-order valence-corrected chi connectivity index (χ4v) is 4.12. The minimum Gasteiger partial charge on any atom is -0.507 e. The SMILES string of the molecule is COc1ccc(/C(O)=C2/C(=O)C(=O)N(Cc3ccco3)C2c2cc(OC)c(OC)c(OC)c2)cc1. The van der Waals surface area contributed by atoms with Crippen LogP contribution in [0.4, 0.5) is 0 Å². The maximum absolute atomic E-state index is 13.2. The van der Waals surface area contributed by atoms with E-state index in [1.54, 1.807) is 48.5 Å². The summed E-state index contributed by atoms with van der Waals surface area (Å²) < 4.78 is 27.0. The largest absolute Gasteiger partial charge is 0.507 e. The Morgan fingerprint density at radius 1 is 0.943 bits per heavy atom. The number of benzene rings is 2. The molecule has 3 aromatic rings. The van der Waals surface area contributed by atoms with Crippen LogP contribution in [0.1, 0.15) is 22.9 Å². The van der Waals surface area contributed by atoms with Gasteiger partial charge >= 0.3 is 0 Å². The Labute approximate surface area is 202 Å². The first-order valence-electron chi connectivity index (χ1n) is 10.7. The van der Waals surface area contributed by atoms with Gasteiger partial charge in [-0.2, -0.15) is 0 Å². The van der Waals surface area contributed by atoms with Gasteiger partial charge in [0.1, 0.15) is 17.3 Å². The molecule has 182 valence electrons. The number of Topliss-reactive ketones (excluding diaryl/α,β-unsaturated/α-hetero) is 1. The van der Waals surface area contributed by atoms with Crippen molar-refractivity contribution in [2.75, 3.05) is 28.4 Å². The van der Waals surface area contributed by atoms with Gasteiger partial charge in [0.05, 0.1) is 52.9 Å². The lowest BCUT2D eigenvalue weighted by atomic mass is 9.94. The standard InChI is InChI=1S/C26H25NO8/c1-31-17-9-7-15(8-10-17)23(28)21-22(16-12-19(32-2)25(34-4)20(13-16)33-3)27(26(30)24(21)29)14-18-6-5-11-35-18/h5-13,22,28H,14H2,1-4H3/b23-21-. The van der Waals surface area contributed by atoms with Crippen LogP contribution in [-0.2, 0) is 16.1 Å². The normalized spacial score (nSPS) is 16.9. The fraction of sp³-hybridized carbons (Fsp3) is 0.231. The summed E-state index contributed by atoms with van der Waals surface area (Å²) in [5.41, 5.74) is 0.778. The van der Waals surface area contributed by atoms with Crippen LogP contribution in [0.3, 0.4) is 0 Å². The second-order valence-electron chi connectivity index (χ2n) is 7.69. The maximum Gasteiger partial charge on any atom is 0.296 e. The van der Waals surface area contributed by atoms with Gasteiger partial charge in [-0.1, -0.05) is 0 Å². The molecule has 1 aliphatic heterocycles. The van der Waals surface area contributed by atoms with Crippen molar-refractivity contribution in [3.8, 4) is 23.0 Å². The molecule has 1 aromatic heterocycles. The fourth-order valence-electron chi connectivity index (χ4n) is 4.12. The first kappa shape index (κ1) is 23.7. The zero-order chi connectivity index (χ0) is 25.1. The maximum atomic E-state index is 13.2. The van der Waals surface area contributed by atoms with Crippen molar-refractivity contribution in [1.29, 1.82) is 0 Å². The molecule has 2 aromatic carbocycles. The molecule has 0 radical (unpaired) electrons. The average Bonchev–Trinajstić information content (AvgIpc) is 3.49. The van der Waals surface area contributed by atoms with Crippen LogP contribution in [0.2, 0.25) is 0 Å². The van der Waals surface area contributed by atoms with Crippen molar-refractivity contribution in [2.24, 2.45) is 0 Å². The van der Waals surface area contributed by atoms with Gasteiger partial charge in [0.2, 0.25) is 5.75 Å². The highest BCUT2D eigenvalue weighted by Crippen LogP contribution is 2.46. The molecule has 0 bridgehead atoms. The number of nitrogens with zero attached hydrogens (tertiary/aromatic N) is 1. The number of rotatable bonds is 8. The van der Waals surface area contributed by atoms with Crippen molar-refractivity contribution in [3.63, 3.8) is 0 Å². The predicted molar refractivity (Wildman–Crippen MR) is 126 cm³/mol. The van der Waals surface area contributed by atoms with Crippen LogP contribution in [0.25, 0.3) is 5.76 Å². The molecule has 0 aliphatic carbocycles. The number of methoxy groups -OCH3 is 4. The molecule has 0 spiro atoms. The Hall–Kier alpha value is -4.40. The number of carbonyl (C=O) groups excluding carboxylic acids is 2. The second kappa shape index (κ2) is 9.84. The van der Waals surface area contributed by atoms with Crippen molar-refractivity contribution >= 4 is 17.4 Å². The van der Waals surface area contributed by atoms with E-state index in [1.807, 2.05) is 0 Å². The van der Waals surface area contributed by atoms with Gasteiger partial charge in [-0.25, -0.2) is 0 Å². The molecule has 1 fully saturated rings. The van der Waals surface area contributed by atoms with E-state index in [9.17, 15) is 14.7 Å². The van der Waals surface area contributed by atoms with Crippen LogP contribution in [0, 0.1) is 0 Å². The average molecular weight is 479 g/mol. The molecule has 0 saturated carbocycles. The summed E-state index contributed by atoms with van der Waals surface area (Å²) in [6, 6.07) is 12.3. The summed E-state index contributed by atoms with van der Waals surface area (Å²) in [5, 5.41) is 11.2. The van der Waals surface area contributed by atoms with Gasteiger partial charge in [-0.3, -0.25) is 9.59 Å². The molecule has 1 atom stereocenters. The van der Waals surface area contributed by atoms with Crippen LogP contribution < -0.4 is 18.9 Å². The molecule has 1 N–H and O–H groups in total. The Bertz CT molecular complexity index is 1240. The van der Waals surface area contributed by atoms with E-state index in [2.05, 4.69) is 0 Å². The van der Waals surface area contributed by atoms with E-state index in [1.165, 1.54) is 39.6 Å². The number of aliphatic hydroxyl groups excluding tert-OH is 1. The highest BCUT2D eigenvalue weighted by Gasteiger charge is 2.47. The molecule has 1 unspecified atom stereocenters. The monoisotopic (exact) mass is 479 g/mol. The van der Waals surface area contributed by atoms with E-state index in [4.69, 9.17) is 23.4 Å². The van der Waals surface area contributed by atoms with Crippen LogP contribution in [0.5, 0.6) is 23.0 Å². The number of ketones is 1. The summed E-state index contributed by atoms with van der Waals surface area (Å²) in [7, 11) is 5.95. The Balaban J connectivity index is 1.92. The Morgan fingerprint density at radius 3 is 2.11 bits per heavy atom. The smallest absolute Gasteiger partial charge is 0.296 e. The Kier molecular flexibility index (Phi) is 6.68. The number of aliphatic hydroxyl groups is 1. The zero-order valence-electron chi connectivity index (χ0n) is 19.7. The van der Waals surface area contributed by atoms with E-state index < -0.39 is 17.7 Å². The van der Waals surface area contributed by atoms with E-state index >= 15 is 0 Å². The van der Waals surface area contributed by atoms with Crippen molar-refractivity contribution < 1.29 is 38.1 Å². The molecule has 2 heterocycles. The summed E-state index contributed by atoms with van der Waals surface area (Å²) in [4.78, 5) is 27.8. The van der Waals surface area contributed by atoms with Crippen molar-refractivity contribution in [3.05, 3.63) is 77.3 Å². The number of ether oxygens (including phenoxy) is 4. The van der Waals surface area contributed by atoms with Crippen molar-refractivity contribution in [1.82, 2.24) is 4.90 Å². The molecule has 9 nitrogen and oxygen atoms in total. The number of carbonyl (C=O) groups is 2. The molecule has 1 amide bonds. The molecular formula is C26H25NO8. The highest BCUT2D eigenvalue weighted by atomic mass is 16.5. The molecule has 35 heavy (non-hydrogen) atoms. The van der Waals surface area contributed by atoms with Gasteiger partial charge in [0.15, 0.2) is 11.5 Å². The number of likely N-dealkylation sites (tertiary alicyclic amines) is 1. The lowest BCUT2D eigenvalue weighted by Gasteiger charge is -2.26. The first-order chi connectivity index (χ1) is 16.9. The molecule has 1 saturated heterocycles. The lowest BCUT2D eigenvalue weighted by molar-refractivity contribution is -0.140. The third-order valence-corrected chi connectivity index (χ3v) is 5.81. The number of amides is 1. The first-order valence-corrected chi connectivity index (χ1v) is 10.7. The van der Waals surface area contributed by atoms with Gasteiger partial charge in [0.25, 0.3) is 11.7 Å². The number of hydrogen-bond donors (Lipinski definition) is 1. The van der Waals surface area contributed by atoms with Crippen LogP contribution >= 0.6 is 0 Å². The third-order valence-electron chi connectivity index (χ3n) is 5.81. The summed E-state index contributed by atoms with van der Waals surface area (Å²) in [6.45, 7) is 0.0122. The molecule has 4 rings (SSSR count). The topological polar surface area (TPSA) is 108 Å². The second-order valence-corrected chi connectivity index (χ2v) is 7.69. The van der Waals surface area contributed by atoms with Gasteiger partial charge in [-0.05, 0) is 54.1 Å². The quantitative estimate of drug-likeness (QED) is 0.294. The molecule has 9 heteroatoms. The highest BCUT2D eigenvalue weighted by molar-refractivity contribution is 6.46. The van der Waals surface area contributed by atoms with Gasteiger partial charge in [-0.15, -0.1) is 0 Å². The molecular weight excluding hydrogens is 454 g/mol. The van der Waals surface area contributed by atoms with Gasteiger partial charge in [0, 0.05) is 5.56 Å². The molecule has 1 aliphatic rings. The van der Waals surface area contributed by atoms with Crippen molar-refractivity contribution in [2.45, 2.75) is 12.6 Å². The summed E-state index contributed by atoms with van der Waals surface area (Å²) in [5.74, 6) is 0.210. The zero-order valence-corrected chi connectivity index (χ0v) is 19.7. The summed E-state index contributed by atoms with van der Waals surface area (Å²) in [6.07, 6.45) is 1.48. The third kappa shape index (κ3) is 4.28.